The van der Waals surface area contributed by atoms with Crippen LogP contribution in [0.15, 0.2) is 15.0 Å². The summed E-state index contributed by atoms with van der Waals surface area (Å²) >= 11 is 12.2. The lowest BCUT2D eigenvalue weighted by Gasteiger charge is -2.09. The highest BCUT2D eigenvalue weighted by Gasteiger charge is 2.18. The van der Waals surface area contributed by atoms with Crippen LogP contribution in [0.2, 0.25) is 5.02 Å². The molecule has 6 heteroatoms. The molecule has 0 saturated heterocycles. The quantitative estimate of drug-likeness (QED) is 0.629. The second-order valence-electron chi connectivity index (χ2n) is 2.43. The van der Waals surface area contributed by atoms with Crippen molar-refractivity contribution in [1.82, 2.24) is 0 Å². The lowest BCUT2D eigenvalue weighted by atomic mass is 10.2. The minimum Gasteiger partial charge on any atom is -0.465 e. The normalized spacial score (nSPS) is 10.0. The van der Waals surface area contributed by atoms with E-state index in [4.69, 9.17) is 17.3 Å². The van der Waals surface area contributed by atoms with Crippen molar-refractivity contribution in [3.05, 3.63) is 25.6 Å². The van der Waals surface area contributed by atoms with Gasteiger partial charge in [-0.15, -0.1) is 0 Å². The standard InChI is InChI=1S/C8H6Br2ClNO2/c1-14-8(13)5-3(9)2-4(11)7(12)6(5)10/h2H,12H2,1H3. The van der Waals surface area contributed by atoms with Crippen LogP contribution in [-0.2, 0) is 4.74 Å². The third kappa shape index (κ3) is 2.04. The molecule has 0 saturated carbocycles. The molecule has 0 spiro atoms. The van der Waals surface area contributed by atoms with E-state index in [0.717, 1.165) is 0 Å². The highest BCUT2D eigenvalue weighted by molar-refractivity contribution is 9.11. The SMILES string of the molecule is COC(=O)c1c(Br)cc(Cl)c(N)c1Br. The zero-order valence-corrected chi connectivity index (χ0v) is 11.0. The Labute approximate surface area is 103 Å². The fourth-order valence-corrected chi connectivity index (χ4v) is 2.79. The van der Waals surface area contributed by atoms with E-state index in [-0.39, 0.29) is 0 Å². The number of halogens is 3. The summed E-state index contributed by atoms with van der Waals surface area (Å²) in [6.07, 6.45) is 0. The lowest BCUT2D eigenvalue weighted by molar-refractivity contribution is 0.0598. The van der Waals surface area contributed by atoms with Gasteiger partial charge in [0, 0.05) is 4.47 Å². The predicted molar refractivity (Wildman–Crippen MR) is 62.6 cm³/mol. The number of benzene rings is 1. The first-order chi connectivity index (χ1) is 6.49. The number of anilines is 1. The van der Waals surface area contributed by atoms with Crippen molar-refractivity contribution in [2.45, 2.75) is 0 Å². The number of ether oxygens (including phenoxy) is 1. The third-order valence-corrected chi connectivity index (χ3v) is 3.36. The average molecular weight is 343 g/mol. The van der Waals surface area contributed by atoms with Crippen molar-refractivity contribution in [3.8, 4) is 0 Å². The Kier molecular flexibility index (Phi) is 3.80. The highest BCUT2D eigenvalue weighted by Crippen LogP contribution is 2.36. The molecule has 0 fully saturated rings. The fraction of sp³-hybridized carbons (Fsp3) is 0.125. The van der Waals surface area contributed by atoms with E-state index in [9.17, 15) is 4.79 Å². The second-order valence-corrected chi connectivity index (χ2v) is 4.49. The molecule has 0 aliphatic carbocycles. The van der Waals surface area contributed by atoms with Gasteiger partial charge in [0.05, 0.1) is 27.9 Å². The lowest BCUT2D eigenvalue weighted by Crippen LogP contribution is -2.05. The van der Waals surface area contributed by atoms with Crippen LogP contribution in [0.25, 0.3) is 0 Å². The Morgan fingerprint density at radius 1 is 1.57 bits per heavy atom. The Morgan fingerprint density at radius 3 is 2.64 bits per heavy atom. The number of nitrogen functional groups attached to an aromatic ring is 1. The third-order valence-electron chi connectivity index (χ3n) is 1.60. The second kappa shape index (κ2) is 4.51. The molecule has 1 rings (SSSR count). The number of nitrogens with two attached hydrogens (primary N) is 1. The zero-order chi connectivity index (χ0) is 10.9. The molecule has 0 bridgehead atoms. The zero-order valence-electron chi connectivity index (χ0n) is 7.11. The molecule has 14 heavy (non-hydrogen) atoms. The average Bonchev–Trinajstić information content (AvgIpc) is 2.14. The summed E-state index contributed by atoms with van der Waals surface area (Å²) in [5.74, 6) is -0.480. The number of rotatable bonds is 1. The fourth-order valence-electron chi connectivity index (χ4n) is 0.895. The largest absolute Gasteiger partial charge is 0.465 e. The van der Waals surface area contributed by atoms with E-state index in [1.165, 1.54) is 7.11 Å². The number of esters is 1. The van der Waals surface area contributed by atoms with Gasteiger partial charge in [0.15, 0.2) is 0 Å². The molecular formula is C8H6Br2ClNO2. The van der Waals surface area contributed by atoms with Gasteiger partial charge >= 0.3 is 5.97 Å². The van der Waals surface area contributed by atoms with E-state index in [2.05, 4.69) is 36.6 Å². The molecule has 0 aromatic heterocycles. The predicted octanol–water partition coefficient (Wildman–Crippen LogP) is 3.23. The van der Waals surface area contributed by atoms with Crippen LogP contribution in [0, 0.1) is 0 Å². The summed E-state index contributed by atoms with van der Waals surface area (Å²) in [7, 11) is 1.30. The summed E-state index contributed by atoms with van der Waals surface area (Å²) in [6.45, 7) is 0. The first kappa shape index (κ1) is 11.8. The molecule has 76 valence electrons. The number of hydrogen-bond acceptors (Lipinski definition) is 3. The Morgan fingerprint density at radius 2 is 2.14 bits per heavy atom. The molecule has 1 aromatic carbocycles. The smallest absolute Gasteiger partial charge is 0.340 e. The van der Waals surface area contributed by atoms with Crippen LogP contribution in [0.5, 0.6) is 0 Å². The van der Waals surface area contributed by atoms with Gasteiger partial charge in [-0.05, 0) is 37.9 Å². The maximum Gasteiger partial charge on any atom is 0.340 e. The van der Waals surface area contributed by atoms with Crippen LogP contribution in [0.4, 0.5) is 5.69 Å². The minimum absolute atomic E-state index is 0.315. The van der Waals surface area contributed by atoms with Crippen LogP contribution < -0.4 is 5.73 Å². The maximum absolute atomic E-state index is 11.3. The molecule has 0 amide bonds. The van der Waals surface area contributed by atoms with Crippen LogP contribution in [0.3, 0.4) is 0 Å². The van der Waals surface area contributed by atoms with Gasteiger partial charge in [0.2, 0.25) is 0 Å². The summed E-state index contributed by atoms with van der Waals surface area (Å²) in [4.78, 5) is 11.3. The minimum atomic E-state index is -0.480. The van der Waals surface area contributed by atoms with Crippen molar-refractivity contribution in [2.75, 3.05) is 12.8 Å². The van der Waals surface area contributed by atoms with Gasteiger partial charge in [-0.1, -0.05) is 11.6 Å². The molecule has 0 heterocycles. The Hall–Kier alpha value is -0.260. The van der Waals surface area contributed by atoms with E-state index < -0.39 is 5.97 Å². The van der Waals surface area contributed by atoms with Gasteiger partial charge in [0.25, 0.3) is 0 Å². The number of carbonyl (C=O) groups excluding carboxylic acids is 1. The van der Waals surface area contributed by atoms with Crippen molar-refractivity contribution in [2.24, 2.45) is 0 Å². The molecular weight excluding hydrogens is 337 g/mol. The first-order valence-corrected chi connectivity index (χ1v) is 5.46. The molecule has 0 unspecified atom stereocenters. The molecule has 0 radical (unpaired) electrons. The Balaban J connectivity index is 3.44. The molecule has 0 aliphatic heterocycles. The van der Waals surface area contributed by atoms with Crippen molar-refractivity contribution in [3.63, 3.8) is 0 Å². The van der Waals surface area contributed by atoms with Gasteiger partial charge in [-0.2, -0.15) is 0 Å². The first-order valence-electron chi connectivity index (χ1n) is 3.50. The Bertz CT molecular complexity index is 395. The van der Waals surface area contributed by atoms with E-state index in [1.54, 1.807) is 6.07 Å². The van der Waals surface area contributed by atoms with E-state index in [1.807, 2.05) is 0 Å². The van der Waals surface area contributed by atoms with Crippen LogP contribution in [0.1, 0.15) is 10.4 Å². The number of carbonyl (C=O) groups is 1. The number of hydrogen-bond donors (Lipinski definition) is 1. The summed E-state index contributed by atoms with van der Waals surface area (Å²) in [5, 5.41) is 0.372. The van der Waals surface area contributed by atoms with Crippen LogP contribution in [-0.4, -0.2) is 13.1 Å². The summed E-state index contributed by atoms with van der Waals surface area (Å²) in [5.41, 5.74) is 6.28. The van der Waals surface area contributed by atoms with E-state index in [0.29, 0.717) is 25.2 Å². The molecule has 1 aromatic rings. The van der Waals surface area contributed by atoms with Gasteiger partial charge < -0.3 is 10.5 Å². The molecule has 0 aliphatic rings. The van der Waals surface area contributed by atoms with Gasteiger partial charge in [-0.3, -0.25) is 0 Å². The molecule has 0 atom stereocenters. The van der Waals surface area contributed by atoms with Gasteiger partial charge in [0.1, 0.15) is 0 Å². The van der Waals surface area contributed by atoms with Gasteiger partial charge in [-0.25, -0.2) is 4.79 Å². The number of methoxy groups -OCH3 is 1. The van der Waals surface area contributed by atoms with Crippen molar-refractivity contribution in [1.29, 1.82) is 0 Å². The molecule has 3 nitrogen and oxygen atoms in total. The molecule has 2 N–H and O–H groups in total. The topological polar surface area (TPSA) is 52.3 Å². The maximum atomic E-state index is 11.3. The monoisotopic (exact) mass is 341 g/mol. The summed E-state index contributed by atoms with van der Waals surface area (Å²) in [6, 6.07) is 1.55. The highest BCUT2D eigenvalue weighted by atomic mass is 79.9. The van der Waals surface area contributed by atoms with Crippen molar-refractivity contribution < 1.29 is 9.53 Å². The van der Waals surface area contributed by atoms with Crippen molar-refractivity contribution >= 4 is 55.1 Å². The van der Waals surface area contributed by atoms with Crippen LogP contribution >= 0.6 is 43.5 Å². The summed E-state index contributed by atoms with van der Waals surface area (Å²) < 4.78 is 5.57. The van der Waals surface area contributed by atoms with E-state index >= 15 is 0 Å².